The van der Waals surface area contributed by atoms with E-state index in [-0.39, 0.29) is 5.95 Å². The van der Waals surface area contributed by atoms with Crippen LogP contribution < -0.4 is 10.6 Å². The third-order valence-electron chi connectivity index (χ3n) is 6.58. The minimum atomic E-state index is 0.132. The van der Waals surface area contributed by atoms with E-state index in [0.717, 1.165) is 48.9 Å². The average molecular weight is 466 g/mol. The molecular formula is C25H23N9O. The van der Waals surface area contributed by atoms with Crippen LogP contribution in [-0.4, -0.2) is 56.2 Å². The molecule has 0 bridgehead atoms. The lowest BCUT2D eigenvalue weighted by molar-refractivity contribution is -0.127. The summed E-state index contributed by atoms with van der Waals surface area (Å²) in [5.74, 6) is 1.11. The number of pyridine rings is 1. The van der Waals surface area contributed by atoms with Gasteiger partial charge in [-0.15, -0.1) is 5.10 Å². The Morgan fingerprint density at radius 2 is 1.86 bits per heavy atom. The molecule has 2 aliphatic rings. The minimum Gasteiger partial charge on any atom is -0.380 e. The molecule has 2 saturated heterocycles. The predicted molar refractivity (Wildman–Crippen MR) is 129 cm³/mol. The summed E-state index contributed by atoms with van der Waals surface area (Å²) in [6.45, 7) is 6.06. The van der Waals surface area contributed by atoms with Crippen LogP contribution in [-0.2, 0) is 11.3 Å². The van der Waals surface area contributed by atoms with Gasteiger partial charge in [-0.3, -0.25) is 0 Å². The van der Waals surface area contributed by atoms with Gasteiger partial charge in [0.15, 0.2) is 0 Å². The summed E-state index contributed by atoms with van der Waals surface area (Å²) in [4.78, 5) is 15.8. The van der Waals surface area contributed by atoms with Crippen molar-refractivity contribution in [1.29, 1.82) is 5.26 Å². The lowest BCUT2D eigenvalue weighted by atomic mass is 9.78. The number of hydrogen-bond acceptors (Lipinski definition) is 9. The van der Waals surface area contributed by atoms with Crippen LogP contribution in [0.4, 0.5) is 11.8 Å². The number of rotatable bonds is 5. The molecule has 0 atom stereocenters. The maximum atomic E-state index is 9.36. The highest BCUT2D eigenvalue weighted by molar-refractivity contribution is 5.71. The van der Waals surface area contributed by atoms with Crippen molar-refractivity contribution in [3.63, 3.8) is 0 Å². The summed E-state index contributed by atoms with van der Waals surface area (Å²) in [5, 5.41) is 17.9. The van der Waals surface area contributed by atoms with Gasteiger partial charge in [0.05, 0.1) is 60.1 Å². The molecule has 0 radical (unpaired) electrons. The number of benzene rings is 1. The van der Waals surface area contributed by atoms with E-state index >= 15 is 0 Å². The molecule has 5 heterocycles. The smallest absolute Gasteiger partial charge is 0.221 e. The van der Waals surface area contributed by atoms with Gasteiger partial charge in [0, 0.05) is 18.7 Å². The normalized spacial score (nSPS) is 15.9. The van der Waals surface area contributed by atoms with Gasteiger partial charge in [-0.25, -0.2) is 19.6 Å². The van der Waals surface area contributed by atoms with Crippen LogP contribution >= 0.6 is 0 Å². The first-order chi connectivity index (χ1) is 17.0. The minimum absolute atomic E-state index is 0.132. The standard InChI is InChI=1S/C25H23N9O/c1-16-17(9-26)4-2-6-19(16)20-8-21(30-24(27)29-20)22-11-34(32-31-22)10-18-5-3-7-23(28-18)33-12-25(13-33)14-35-15-25/h2-8,11H,10,12-15H2,1H3,(H2,27,29,30). The molecule has 1 aromatic carbocycles. The van der Waals surface area contributed by atoms with Gasteiger partial charge in [0.25, 0.3) is 0 Å². The Labute approximate surface area is 202 Å². The summed E-state index contributed by atoms with van der Waals surface area (Å²) in [5.41, 5.74) is 11.3. The largest absolute Gasteiger partial charge is 0.380 e. The molecule has 0 saturated carbocycles. The summed E-state index contributed by atoms with van der Waals surface area (Å²) in [6.07, 6.45) is 1.82. The molecule has 2 fully saturated rings. The Hall–Kier alpha value is -4.36. The van der Waals surface area contributed by atoms with Crippen LogP contribution in [0.1, 0.15) is 16.8 Å². The first-order valence-electron chi connectivity index (χ1n) is 11.4. The quantitative estimate of drug-likeness (QED) is 0.472. The number of aromatic nitrogens is 6. The molecule has 6 rings (SSSR count). The van der Waals surface area contributed by atoms with Gasteiger partial charge in [-0.05, 0) is 36.8 Å². The van der Waals surface area contributed by atoms with Crippen molar-refractivity contribution in [2.75, 3.05) is 36.9 Å². The van der Waals surface area contributed by atoms with Crippen molar-refractivity contribution in [2.24, 2.45) is 5.41 Å². The van der Waals surface area contributed by atoms with Crippen molar-refractivity contribution < 1.29 is 4.74 Å². The zero-order chi connectivity index (χ0) is 24.0. The fourth-order valence-electron chi connectivity index (χ4n) is 4.66. The molecule has 1 spiro atoms. The predicted octanol–water partition coefficient (Wildman–Crippen LogP) is 2.44. The van der Waals surface area contributed by atoms with E-state index in [9.17, 15) is 5.26 Å². The summed E-state index contributed by atoms with van der Waals surface area (Å²) < 4.78 is 7.10. The maximum absolute atomic E-state index is 9.36. The zero-order valence-corrected chi connectivity index (χ0v) is 19.2. The molecule has 2 N–H and O–H groups in total. The molecule has 0 amide bonds. The average Bonchev–Trinajstić information content (AvgIpc) is 3.26. The van der Waals surface area contributed by atoms with E-state index in [1.807, 2.05) is 49.5 Å². The topological polar surface area (TPSA) is 132 Å². The van der Waals surface area contributed by atoms with E-state index in [2.05, 4.69) is 31.2 Å². The van der Waals surface area contributed by atoms with E-state index in [1.165, 1.54) is 0 Å². The van der Waals surface area contributed by atoms with E-state index in [1.54, 1.807) is 10.7 Å². The van der Waals surface area contributed by atoms with Crippen LogP contribution in [0.2, 0.25) is 0 Å². The molecule has 3 aromatic heterocycles. The van der Waals surface area contributed by atoms with Crippen LogP contribution in [0, 0.1) is 23.7 Å². The number of anilines is 2. The summed E-state index contributed by atoms with van der Waals surface area (Å²) in [7, 11) is 0. The second kappa shape index (κ2) is 8.14. The second-order valence-electron chi connectivity index (χ2n) is 9.22. The third-order valence-corrected chi connectivity index (χ3v) is 6.58. The van der Waals surface area contributed by atoms with Gasteiger partial charge in [0.2, 0.25) is 5.95 Å². The molecule has 4 aromatic rings. The fourth-order valence-corrected chi connectivity index (χ4v) is 4.66. The number of nitrogens with two attached hydrogens (primary N) is 1. The van der Waals surface area contributed by atoms with Crippen molar-refractivity contribution in [1.82, 2.24) is 29.9 Å². The maximum Gasteiger partial charge on any atom is 0.221 e. The van der Waals surface area contributed by atoms with Crippen LogP contribution in [0.25, 0.3) is 22.6 Å². The van der Waals surface area contributed by atoms with Crippen molar-refractivity contribution in [3.05, 3.63) is 65.5 Å². The monoisotopic (exact) mass is 465 g/mol. The Balaban J connectivity index is 1.23. The Kier molecular flexibility index (Phi) is 4.93. The van der Waals surface area contributed by atoms with Gasteiger partial charge >= 0.3 is 0 Å². The molecule has 0 aliphatic carbocycles. The number of nitriles is 1. The number of hydrogen-bond donors (Lipinski definition) is 1. The number of ether oxygens (including phenoxy) is 1. The van der Waals surface area contributed by atoms with Gasteiger partial charge < -0.3 is 15.4 Å². The van der Waals surface area contributed by atoms with Gasteiger partial charge in [0.1, 0.15) is 11.5 Å². The zero-order valence-electron chi connectivity index (χ0n) is 19.2. The molecule has 10 nitrogen and oxygen atoms in total. The van der Waals surface area contributed by atoms with Gasteiger partial charge in [-0.1, -0.05) is 23.4 Å². The van der Waals surface area contributed by atoms with E-state index < -0.39 is 0 Å². The molecule has 10 heteroatoms. The Morgan fingerprint density at radius 1 is 1.06 bits per heavy atom. The highest BCUT2D eigenvalue weighted by Gasteiger charge is 2.49. The lowest BCUT2D eigenvalue weighted by Crippen LogP contribution is -2.66. The van der Waals surface area contributed by atoms with E-state index in [4.69, 9.17) is 15.5 Å². The SMILES string of the molecule is Cc1c(C#N)cccc1-c1cc(-c2cn(Cc3cccc(N4CC5(COC5)C4)n3)nn2)nc(N)n1. The van der Waals surface area contributed by atoms with Crippen LogP contribution in [0.5, 0.6) is 0 Å². The summed E-state index contributed by atoms with van der Waals surface area (Å²) >= 11 is 0. The summed E-state index contributed by atoms with van der Waals surface area (Å²) in [6, 6.07) is 15.6. The third kappa shape index (κ3) is 3.86. The Bertz CT molecular complexity index is 1460. The molecule has 0 unspecified atom stereocenters. The highest BCUT2D eigenvalue weighted by Crippen LogP contribution is 2.39. The molecule has 2 aliphatic heterocycles. The van der Waals surface area contributed by atoms with E-state index in [0.29, 0.717) is 34.6 Å². The fraction of sp³-hybridized carbons (Fsp3) is 0.280. The van der Waals surface area contributed by atoms with Crippen molar-refractivity contribution >= 4 is 11.8 Å². The molecule has 174 valence electrons. The van der Waals surface area contributed by atoms with Crippen molar-refractivity contribution in [3.8, 4) is 28.7 Å². The van der Waals surface area contributed by atoms with Crippen LogP contribution in [0.3, 0.4) is 0 Å². The molecule has 35 heavy (non-hydrogen) atoms. The number of nitrogens with zero attached hydrogens (tertiary/aromatic N) is 8. The lowest BCUT2D eigenvalue weighted by Gasteiger charge is -2.55. The first-order valence-corrected chi connectivity index (χ1v) is 11.4. The van der Waals surface area contributed by atoms with Gasteiger partial charge in [-0.2, -0.15) is 5.26 Å². The Morgan fingerprint density at radius 3 is 2.63 bits per heavy atom. The highest BCUT2D eigenvalue weighted by atomic mass is 16.5. The number of nitrogen functional groups attached to an aromatic ring is 1. The van der Waals surface area contributed by atoms with Crippen molar-refractivity contribution in [2.45, 2.75) is 13.5 Å². The molecular weight excluding hydrogens is 442 g/mol. The second-order valence-corrected chi connectivity index (χ2v) is 9.22. The van der Waals surface area contributed by atoms with Crippen LogP contribution in [0.15, 0.2) is 48.7 Å². The first kappa shape index (κ1) is 21.2.